The van der Waals surface area contributed by atoms with Crippen LogP contribution < -0.4 is 9.47 Å². The fourth-order valence-corrected chi connectivity index (χ4v) is 2.38. The molecule has 0 spiro atoms. The van der Waals surface area contributed by atoms with Crippen molar-refractivity contribution in [3.05, 3.63) is 23.8 Å². The maximum absolute atomic E-state index is 11.6. The summed E-state index contributed by atoms with van der Waals surface area (Å²) >= 11 is 0. The van der Waals surface area contributed by atoms with E-state index in [4.69, 9.17) is 9.47 Å². The molecular formula is C14H18O3. The molecule has 0 aromatic heterocycles. The normalized spacial score (nSPS) is 21.3. The molecule has 0 aliphatic carbocycles. The number of rotatable bonds is 2. The number of carbonyl (C=O) groups excluding carboxylic acids is 1. The fourth-order valence-electron chi connectivity index (χ4n) is 2.38. The molecule has 0 saturated carbocycles. The van der Waals surface area contributed by atoms with Gasteiger partial charge in [0.2, 0.25) is 0 Å². The molecule has 3 heteroatoms. The lowest BCUT2D eigenvalue weighted by Crippen LogP contribution is -2.45. The van der Waals surface area contributed by atoms with Crippen molar-refractivity contribution in [2.24, 2.45) is 5.92 Å². The van der Waals surface area contributed by atoms with Crippen LogP contribution in [0.15, 0.2) is 18.2 Å². The van der Waals surface area contributed by atoms with E-state index in [1.165, 1.54) is 0 Å². The highest BCUT2D eigenvalue weighted by atomic mass is 16.5. The van der Waals surface area contributed by atoms with Crippen LogP contribution in [0, 0.1) is 5.92 Å². The summed E-state index contributed by atoms with van der Waals surface area (Å²) < 4.78 is 11.1. The Balaban J connectivity index is 2.39. The lowest BCUT2D eigenvalue weighted by molar-refractivity contribution is -0.127. The Morgan fingerprint density at radius 2 is 2.18 bits per heavy atom. The van der Waals surface area contributed by atoms with Crippen molar-refractivity contribution in [3.8, 4) is 11.5 Å². The lowest BCUT2D eigenvalue weighted by Gasteiger charge is -2.38. The molecule has 1 unspecified atom stereocenters. The number of ether oxygens (including phenoxy) is 2. The maximum atomic E-state index is 11.6. The predicted octanol–water partition coefficient (Wildman–Crippen LogP) is 2.61. The third-order valence-electron chi connectivity index (χ3n) is 3.40. The Kier molecular flexibility index (Phi) is 2.86. The van der Waals surface area contributed by atoms with Crippen molar-refractivity contribution < 1.29 is 14.3 Å². The third-order valence-corrected chi connectivity index (χ3v) is 3.40. The van der Waals surface area contributed by atoms with Gasteiger partial charge in [-0.3, -0.25) is 4.79 Å². The smallest absolute Gasteiger partial charge is 0.137 e. The van der Waals surface area contributed by atoms with Gasteiger partial charge in [0.05, 0.1) is 13.0 Å². The maximum Gasteiger partial charge on any atom is 0.137 e. The largest absolute Gasteiger partial charge is 0.497 e. The van der Waals surface area contributed by atoms with Gasteiger partial charge in [-0.2, -0.15) is 0 Å². The zero-order chi connectivity index (χ0) is 12.6. The second-order valence-electron chi connectivity index (χ2n) is 5.05. The Morgan fingerprint density at radius 1 is 1.47 bits per heavy atom. The zero-order valence-electron chi connectivity index (χ0n) is 10.7. The molecule has 0 amide bonds. The van der Waals surface area contributed by atoms with Crippen LogP contribution in [0.2, 0.25) is 0 Å². The van der Waals surface area contributed by atoms with E-state index in [-0.39, 0.29) is 11.7 Å². The highest BCUT2D eigenvalue weighted by Crippen LogP contribution is 2.39. The quantitative estimate of drug-likeness (QED) is 0.789. The second kappa shape index (κ2) is 4.06. The molecule has 3 nitrogen and oxygen atoms in total. The minimum Gasteiger partial charge on any atom is -0.497 e. The average molecular weight is 234 g/mol. The van der Waals surface area contributed by atoms with E-state index in [9.17, 15) is 4.79 Å². The van der Waals surface area contributed by atoms with Crippen LogP contribution in [-0.4, -0.2) is 18.5 Å². The molecule has 1 aromatic rings. The van der Waals surface area contributed by atoms with E-state index < -0.39 is 5.60 Å². The van der Waals surface area contributed by atoms with Crippen LogP contribution in [0.1, 0.15) is 26.3 Å². The Morgan fingerprint density at radius 3 is 2.76 bits per heavy atom. The number of fused-ring (bicyclic) bond motifs is 1. The lowest BCUT2D eigenvalue weighted by atomic mass is 9.80. The summed E-state index contributed by atoms with van der Waals surface area (Å²) in [7, 11) is 1.63. The van der Waals surface area contributed by atoms with E-state index >= 15 is 0 Å². The van der Waals surface area contributed by atoms with Gasteiger partial charge in [0.15, 0.2) is 0 Å². The third kappa shape index (κ3) is 2.14. The highest BCUT2D eigenvalue weighted by molar-refractivity contribution is 5.80. The molecule has 92 valence electrons. The summed E-state index contributed by atoms with van der Waals surface area (Å²) in [6.45, 7) is 5.55. The monoisotopic (exact) mass is 234 g/mol. The van der Waals surface area contributed by atoms with Crippen LogP contribution >= 0.6 is 0 Å². The molecule has 0 fully saturated rings. The van der Waals surface area contributed by atoms with Crippen molar-refractivity contribution in [1.82, 2.24) is 0 Å². The molecule has 17 heavy (non-hydrogen) atoms. The number of Topliss-reactive ketones (excluding diaryl/α,β-unsaturated/α-hetero) is 1. The molecule has 1 aliphatic rings. The van der Waals surface area contributed by atoms with Crippen LogP contribution in [-0.2, 0) is 11.2 Å². The molecule has 2 rings (SSSR count). The van der Waals surface area contributed by atoms with E-state index in [1.54, 1.807) is 14.0 Å². The van der Waals surface area contributed by atoms with Crippen LogP contribution in [0.5, 0.6) is 11.5 Å². The van der Waals surface area contributed by atoms with E-state index in [2.05, 4.69) is 0 Å². The van der Waals surface area contributed by atoms with Crippen molar-refractivity contribution in [2.75, 3.05) is 7.11 Å². The van der Waals surface area contributed by atoms with Crippen molar-refractivity contribution in [1.29, 1.82) is 0 Å². The standard InChI is InChI=1S/C14H18O3/c1-9(15)12-7-10-5-6-11(16-4)8-13(10)17-14(12,2)3/h5-6,8,12H,7H2,1-4H3. The van der Waals surface area contributed by atoms with Crippen LogP contribution in [0.4, 0.5) is 0 Å². The van der Waals surface area contributed by atoms with E-state index in [0.717, 1.165) is 23.5 Å². The average Bonchev–Trinajstić information content (AvgIpc) is 2.25. The van der Waals surface area contributed by atoms with Gasteiger partial charge in [-0.1, -0.05) is 6.07 Å². The van der Waals surface area contributed by atoms with Gasteiger partial charge >= 0.3 is 0 Å². The Bertz CT molecular complexity index is 449. The summed E-state index contributed by atoms with van der Waals surface area (Å²) in [5, 5.41) is 0. The fraction of sp³-hybridized carbons (Fsp3) is 0.500. The van der Waals surface area contributed by atoms with Gasteiger partial charge in [0, 0.05) is 6.07 Å². The van der Waals surface area contributed by atoms with Gasteiger partial charge in [0.1, 0.15) is 22.9 Å². The van der Waals surface area contributed by atoms with Crippen LogP contribution in [0.3, 0.4) is 0 Å². The van der Waals surface area contributed by atoms with E-state index in [1.807, 2.05) is 32.0 Å². The van der Waals surface area contributed by atoms with Crippen molar-refractivity contribution in [3.63, 3.8) is 0 Å². The Hall–Kier alpha value is -1.51. The van der Waals surface area contributed by atoms with Gasteiger partial charge in [-0.25, -0.2) is 0 Å². The summed E-state index contributed by atoms with van der Waals surface area (Å²) in [4.78, 5) is 11.6. The molecule has 1 atom stereocenters. The molecule has 0 radical (unpaired) electrons. The summed E-state index contributed by atoms with van der Waals surface area (Å²) in [5.74, 6) is 1.70. The van der Waals surface area contributed by atoms with Crippen molar-refractivity contribution >= 4 is 5.78 Å². The van der Waals surface area contributed by atoms with E-state index in [0.29, 0.717) is 0 Å². The predicted molar refractivity (Wildman–Crippen MR) is 65.6 cm³/mol. The Labute approximate surface area is 102 Å². The SMILES string of the molecule is COc1ccc2c(c1)OC(C)(C)C(C(C)=O)C2. The summed E-state index contributed by atoms with van der Waals surface area (Å²) in [6, 6.07) is 5.75. The molecule has 0 bridgehead atoms. The van der Waals surface area contributed by atoms with Gasteiger partial charge < -0.3 is 9.47 Å². The minimum atomic E-state index is -0.453. The van der Waals surface area contributed by atoms with Gasteiger partial charge in [-0.15, -0.1) is 0 Å². The first kappa shape index (κ1) is 12.0. The summed E-state index contributed by atoms with van der Waals surface area (Å²) in [6.07, 6.45) is 0.738. The molecule has 0 saturated heterocycles. The van der Waals surface area contributed by atoms with Gasteiger partial charge in [0.25, 0.3) is 0 Å². The minimum absolute atomic E-state index is 0.0802. The zero-order valence-corrected chi connectivity index (χ0v) is 10.7. The molecule has 1 aliphatic heterocycles. The molecule has 0 N–H and O–H groups in total. The number of methoxy groups -OCH3 is 1. The van der Waals surface area contributed by atoms with Crippen LogP contribution in [0.25, 0.3) is 0 Å². The first-order valence-electron chi connectivity index (χ1n) is 5.80. The highest BCUT2D eigenvalue weighted by Gasteiger charge is 2.39. The summed E-state index contributed by atoms with van der Waals surface area (Å²) in [5.41, 5.74) is 0.621. The number of benzene rings is 1. The first-order valence-corrected chi connectivity index (χ1v) is 5.80. The number of hydrogen-bond donors (Lipinski definition) is 0. The molecular weight excluding hydrogens is 216 g/mol. The molecule has 1 heterocycles. The number of hydrogen-bond acceptors (Lipinski definition) is 3. The van der Waals surface area contributed by atoms with Crippen molar-refractivity contribution in [2.45, 2.75) is 32.8 Å². The first-order chi connectivity index (χ1) is 7.94. The number of ketones is 1. The molecule has 1 aromatic carbocycles. The number of carbonyl (C=O) groups is 1. The van der Waals surface area contributed by atoms with Gasteiger partial charge in [-0.05, 0) is 38.8 Å². The topological polar surface area (TPSA) is 35.5 Å². The second-order valence-corrected chi connectivity index (χ2v) is 5.05.